The first kappa shape index (κ1) is 22.5. The summed E-state index contributed by atoms with van der Waals surface area (Å²) in [5.74, 6) is 0.0135. The van der Waals surface area contributed by atoms with Crippen molar-refractivity contribution in [3.63, 3.8) is 0 Å². The van der Waals surface area contributed by atoms with E-state index in [0.717, 1.165) is 33.7 Å². The van der Waals surface area contributed by atoms with Gasteiger partial charge in [0, 0.05) is 25.0 Å². The number of thiazole rings is 1. The Morgan fingerprint density at radius 2 is 2.03 bits per heavy atom. The first-order valence-electron chi connectivity index (χ1n) is 11.5. The molecule has 0 spiro atoms. The zero-order chi connectivity index (χ0) is 23.7. The highest BCUT2D eigenvalue weighted by Gasteiger charge is 2.32. The Bertz CT molecular complexity index is 1230. The predicted molar refractivity (Wildman–Crippen MR) is 130 cm³/mol. The molecule has 0 saturated carbocycles. The van der Waals surface area contributed by atoms with Gasteiger partial charge in [-0.05, 0) is 56.2 Å². The summed E-state index contributed by atoms with van der Waals surface area (Å²) in [4.78, 5) is 45.7. The highest BCUT2D eigenvalue weighted by Crippen LogP contribution is 2.33. The Morgan fingerprint density at radius 3 is 2.76 bits per heavy atom. The van der Waals surface area contributed by atoms with Crippen molar-refractivity contribution in [2.24, 2.45) is 0 Å². The number of hydrogen-bond donors (Lipinski definition) is 0. The van der Waals surface area contributed by atoms with E-state index in [2.05, 4.69) is 0 Å². The molecule has 0 radical (unpaired) electrons. The van der Waals surface area contributed by atoms with Gasteiger partial charge < -0.3 is 9.47 Å². The second-order valence-corrected chi connectivity index (χ2v) is 9.29. The number of rotatable bonds is 7. The summed E-state index contributed by atoms with van der Waals surface area (Å²) in [6.45, 7) is 3.56. The predicted octanol–water partition coefficient (Wildman–Crippen LogP) is 4.17. The third-order valence-corrected chi connectivity index (χ3v) is 6.99. The molecule has 2 aromatic carbocycles. The molecule has 3 amide bonds. The van der Waals surface area contributed by atoms with Crippen LogP contribution in [0.5, 0.6) is 5.75 Å². The van der Waals surface area contributed by atoms with E-state index in [4.69, 9.17) is 14.5 Å². The fraction of sp³-hybridized carbons (Fsp3) is 0.360. The molecule has 1 aromatic heterocycles. The highest BCUT2D eigenvalue weighted by molar-refractivity contribution is 7.22. The van der Waals surface area contributed by atoms with Crippen LogP contribution in [0.25, 0.3) is 10.2 Å². The van der Waals surface area contributed by atoms with Crippen molar-refractivity contribution < 1.29 is 23.9 Å². The number of imide groups is 1. The van der Waals surface area contributed by atoms with E-state index in [9.17, 15) is 14.4 Å². The van der Waals surface area contributed by atoms with Gasteiger partial charge in [-0.1, -0.05) is 17.4 Å². The van der Waals surface area contributed by atoms with Crippen molar-refractivity contribution >= 4 is 50.1 Å². The number of aromatic nitrogens is 1. The SMILES string of the molecule is CCOc1ccc2nc(N(CC3CCCO3)C(=O)c3cccc(N4C(=O)CCC4=O)c3)sc2c1. The summed E-state index contributed by atoms with van der Waals surface area (Å²) >= 11 is 1.42. The molecule has 2 aliphatic rings. The summed E-state index contributed by atoms with van der Waals surface area (Å²) in [6, 6.07) is 12.4. The Kier molecular flexibility index (Phi) is 6.30. The molecule has 0 aliphatic carbocycles. The summed E-state index contributed by atoms with van der Waals surface area (Å²) in [6.07, 6.45) is 2.15. The van der Waals surface area contributed by atoms with E-state index in [0.29, 0.717) is 36.1 Å². The Labute approximate surface area is 201 Å². The van der Waals surface area contributed by atoms with Gasteiger partial charge in [-0.2, -0.15) is 0 Å². The van der Waals surface area contributed by atoms with Crippen molar-refractivity contribution in [2.45, 2.75) is 38.7 Å². The number of nitrogens with zero attached hydrogens (tertiary/aromatic N) is 3. The second-order valence-electron chi connectivity index (χ2n) is 8.28. The summed E-state index contributed by atoms with van der Waals surface area (Å²) in [5, 5.41) is 0.572. The number of carbonyl (C=O) groups excluding carboxylic acids is 3. The molecule has 34 heavy (non-hydrogen) atoms. The number of anilines is 2. The lowest BCUT2D eigenvalue weighted by Gasteiger charge is -2.23. The van der Waals surface area contributed by atoms with Gasteiger partial charge >= 0.3 is 0 Å². The number of amides is 3. The van der Waals surface area contributed by atoms with E-state index < -0.39 is 0 Å². The molecular weight excluding hydrogens is 454 g/mol. The molecule has 5 rings (SSSR count). The highest BCUT2D eigenvalue weighted by atomic mass is 32.1. The van der Waals surface area contributed by atoms with Gasteiger partial charge in [0.25, 0.3) is 5.91 Å². The van der Waals surface area contributed by atoms with Crippen LogP contribution in [0.1, 0.15) is 43.0 Å². The summed E-state index contributed by atoms with van der Waals surface area (Å²) < 4.78 is 12.3. The van der Waals surface area contributed by atoms with Crippen LogP contribution in [0.3, 0.4) is 0 Å². The molecule has 0 N–H and O–H groups in total. The van der Waals surface area contributed by atoms with Crippen LogP contribution < -0.4 is 14.5 Å². The minimum atomic E-state index is -0.250. The number of benzene rings is 2. The van der Waals surface area contributed by atoms with E-state index >= 15 is 0 Å². The van der Waals surface area contributed by atoms with Crippen LogP contribution in [0.2, 0.25) is 0 Å². The van der Waals surface area contributed by atoms with Crippen LogP contribution in [-0.4, -0.2) is 48.6 Å². The van der Waals surface area contributed by atoms with E-state index in [-0.39, 0.29) is 36.7 Å². The number of carbonyl (C=O) groups is 3. The van der Waals surface area contributed by atoms with Crippen LogP contribution >= 0.6 is 11.3 Å². The zero-order valence-corrected chi connectivity index (χ0v) is 19.7. The summed E-state index contributed by atoms with van der Waals surface area (Å²) in [5.41, 5.74) is 1.59. The molecule has 9 heteroatoms. The van der Waals surface area contributed by atoms with Crippen molar-refractivity contribution in [3.05, 3.63) is 48.0 Å². The Hall–Kier alpha value is -3.30. The third-order valence-electron chi connectivity index (χ3n) is 5.95. The standard InChI is InChI=1S/C25H25N3O5S/c1-2-32-18-8-9-20-21(14-18)34-25(26-20)27(15-19-7-4-12-33-19)24(31)16-5-3-6-17(13-16)28-22(29)10-11-23(28)30/h3,5-6,8-9,13-14,19H,2,4,7,10-12,15H2,1H3. The molecule has 3 heterocycles. The van der Waals surface area contributed by atoms with Crippen molar-refractivity contribution in [1.29, 1.82) is 0 Å². The fourth-order valence-corrected chi connectivity index (χ4v) is 5.30. The first-order chi connectivity index (χ1) is 16.5. The minimum absolute atomic E-state index is 0.0696. The monoisotopic (exact) mass is 479 g/mol. The summed E-state index contributed by atoms with van der Waals surface area (Å²) in [7, 11) is 0. The molecule has 176 valence electrons. The molecule has 2 fully saturated rings. The molecule has 0 bridgehead atoms. The van der Waals surface area contributed by atoms with Gasteiger partial charge in [0.15, 0.2) is 5.13 Å². The van der Waals surface area contributed by atoms with E-state index in [1.165, 1.54) is 11.3 Å². The van der Waals surface area contributed by atoms with Crippen LogP contribution in [-0.2, 0) is 14.3 Å². The van der Waals surface area contributed by atoms with E-state index in [1.807, 2.05) is 25.1 Å². The Morgan fingerprint density at radius 1 is 1.21 bits per heavy atom. The van der Waals surface area contributed by atoms with Gasteiger partial charge in [-0.15, -0.1) is 0 Å². The first-order valence-corrected chi connectivity index (χ1v) is 12.3. The second kappa shape index (κ2) is 9.52. The molecule has 2 aliphatic heterocycles. The average molecular weight is 480 g/mol. The van der Waals surface area contributed by atoms with Crippen molar-refractivity contribution in [1.82, 2.24) is 4.98 Å². The maximum Gasteiger partial charge on any atom is 0.260 e. The smallest absolute Gasteiger partial charge is 0.260 e. The quantitative estimate of drug-likeness (QED) is 0.473. The van der Waals surface area contributed by atoms with Crippen molar-refractivity contribution in [2.75, 3.05) is 29.6 Å². The normalized spacial score (nSPS) is 18.1. The van der Waals surface area contributed by atoms with Crippen LogP contribution in [0.4, 0.5) is 10.8 Å². The number of ether oxygens (including phenoxy) is 2. The maximum atomic E-state index is 13.7. The van der Waals surface area contributed by atoms with Crippen LogP contribution in [0.15, 0.2) is 42.5 Å². The topological polar surface area (TPSA) is 89.0 Å². The Balaban J connectivity index is 1.49. The molecule has 8 nitrogen and oxygen atoms in total. The lowest BCUT2D eigenvalue weighted by molar-refractivity contribution is -0.121. The molecule has 1 atom stereocenters. The minimum Gasteiger partial charge on any atom is -0.494 e. The third kappa shape index (κ3) is 4.41. The van der Waals surface area contributed by atoms with Gasteiger partial charge in [0.05, 0.1) is 35.2 Å². The molecule has 2 saturated heterocycles. The van der Waals surface area contributed by atoms with Crippen LogP contribution in [0, 0.1) is 0 Å². The van der Waals surface area contributed by atoms with Gasteiger partial charge in [0.2, 0.25) is 11.8 Å². The lowest BCUT2D eigenvalue weighted by Crippen LogP contribution is -2.37. The van der Waals surface area contributed by atoms with Crippen molar-refractivity contribution in [3.8, 4) is 5.75 Å². The zero-order valence-electron chi connectivity index (χ0n) is 18.9. The molecule has 1 unspecified atom stereocenters. The molecule has 3 aromatic rings. The number of hydrogen-bond acceptors (Lipinski definition) is 7. The maximum absolute atomic E-state index is 13.7. The average Bonchev–Trinajstić information content (AvgIpc) is 3.57. The van der Waals surface area contributed by atoms with E-state index in [1.54, 1.807) is 29.2 Å². The lowest BCUT2D eigenvalue weighted by atomic mass is 10.1. The largest absolute Gasteiger partial charge is 0.494 e. The molecular formula is C25H25N3O5S. The fourth-order valence-electron chi connectivity index (χ4n) is 4.30. The number of fused-ring (bicyclic) bond motifs is 1. The van der Waals surface area contributed by atoms with Gasteiger partial charge in [-0.3, -0.25) is 24.2 Å². The van der Waals surface area contributed by atoms with Gasteiger partial charge in [0.1, 0.15) is 5.75 Å². The van der Waals surface area contributed by atoms with Gasteiger partial charge in [-0.25, -0.2) is 4.98 Å².